The van der Waals surface area contributed by atoms with Gasteiger partial charge in [-0.05, 0) is 29.7 Å². The minimum atomic E-state index is 0.271. The first-order valence-electron chi connectivity index (χ1n) is 6.55. The predicted molar refractivity (Wildman–Crippen MR) is 71.0 cm³/mol. The zero-order chi connectivity index (χ0) is 12.5. The van der Waals surface area contributed by atoms with Crippen LogP contribution in [-0.4, -0.2) is 5.78 Å². The van der Waals surface area contributed by atoms with Gasteiger partial charge in [0.25, 0.3) is 0 Å². The summed E-state index contributed by atoms with van der Waals surface area (Å²) in [7, 11) is 0. The Kier molecular flexibility index (Phi) is 3.37. The summed E-state index contributed by atoms with van der Waals surface area (Å²) in [5.74, 6) is 1.28. The molecule has 1 saturated carbocycles. The van der Waals surface area contributed by atoms with E-state index in [0.29, 0.717) is 17.6 Å². The molecule has 2 unspecified atom stereocenters. The van der Waals surface area contributed by atoms with Crippen LogP contribution in [0.1, 0.15) is 51.5 Å². The van der Waals surface area contributed by atoms with Crippen molar-refractivity contribution in [1.82, 2.24) is 0 Å². The molecule has 0 aliphatic heterocycles. The van der Waals surface area contributed by atoms with Crippen molar-refractivity contribution < 1.29 is 4.79 Å². The summed E-state index contributed by atoms with van der Waals surface area (Å²) in [6.07, 6.45) is 2.81. The molecule has 0 N–H and O–H groups in total. The molecule has 0 radical (unpaired) electrons. The van der Waals surface area contributed by atoms with Gasteiger partial charge in [-0.2, -0.15) is 0 Å². The smallest absolute Gasteiger partial charge is 0.136 e. The van der Waals surface area contributed by atoms with Crippen molar-refractivity contribution >= 4 is 5.78 Å². The van der Waals surface area contributed by atoms with Crippen molar-refractivity contribution in [3.63, 3.8) is 0 Å². The van der Waals surface area contributed by atoms with E-state index >= 15 is 0 Å². The number of ketones is 1. The first-order chi connectivity index (χ1) is 7.97. The van der Waals surface area contributed by atoms with Gasteiger partial charge in [0.1, 0.15) is 5.78 Å². The average Bonchev–Trinajstić information content (AvgIpc) is 3.06. The van der Waals surface area contributed by atoms with Gasteiger partial charge in [0.05, 0.1) is 0 Å². The second-order valence-corrected chi connectivity index (χ2v) is 6.39. The van der Waals surface area contributed by atoms with Gasteiger partial charge in [0.15, 0.2) is 0 Å². The standard InChI is InChI=1S/C16H22O/c1-16(2,3)10-9-15(17)14-11-13(14)12-7-5-4-6-8-12/h4-8,13-14H,9-11H2,1-3H3. The minimum Gasteiger partial charge on any atom is -0.299 e. The maximum absolute atomic E-state index is 12.0. The molecule has 0 spiro atoms. The van der Waals surface area contributed by atoms with Crippen LogP contribution in [0.25, 0.3) is 0 Å². The minimum absolute atomic E-state index is 0.271. The molecule has 92 valence electrons. The molecule has 1 aliphatic rings. The highest BCUT2D eigenvalue weighted by molar-refractivity contribution is 5.85. The summed E-state index contributed by atoms with van der Waals surface area (Å²) >= 11 is 0. The number of carbonyl (C=O) groups is 1. The maximum Gasteiger partial charge on any atom is 0.136 e. The zero-order valence-electron chi connectivity index (χ0n) is 11.1. The molecule has 1 aliphatic carbocycles. The first kappa shape index (κ1) is 12.3. The quantitative estimate of drug-likeness (QED) is 0.758. The molecule has 1 nitrogen and oxygen atoms in total. The van der Waals surface area contributed by atoms with E-state index < -0.39 is 0 Å². The highest BCUT2D eigenvalue weighted by Gasteiger charge is 2.43. The van der Waals surface area contributed by atoms with Crippen LogP contribution in [-0.2, 0) is 4.79 Å². The normalized spacial score (nSPS) is 23.5. The highest BCUT2D eigenvalue weighted by atomic mass is 16.1. The van der Waals surface area contributed by atoms with Crippen LogP contribution in [0.4, 0.5) is 0 Å². The van der Waals surface area contributed by atoms with Gasteiger partial charge in [0.2, 0.25) is 0 Å². The van der Waals surface area contributed by atoms with Crippen molar-refractivity contribution in [3.8, 4) is 0 Å². The van der Waals surface area contributed by atoms with Gasteiger partial charge in [-0.3, -0.25) is 4.79 Å². The lowest BCUT2D eigenvalue weighted by molar-refractivity contribution is -0.120. The monoisotopic (exact) mass is 230 g/mol. The third-order valence-electron chi connectivity index (χ3n) is 3.55. The molecule has 0 heterocycles. The van der Waals surface area contributed by atoms with E-state index in [9.17, 15) is 4.79 Å². The highest BCUT2D eigenvalue weighted by Crippen LogP contribution is 2.48. The Bertz CT molecular complexity index is 386. The molecular formula is C16H22O. The van der Waals surface area contributed by atoms with E-state index in [4.69, 9.17) is 0 Å². The van der Waals surface area contributed by atoms with Crippen molar-refractivity contribution in [2.45, 2.75) is 46.0 Å². The van der Waals surface area contributed by atoms with Crippen LogP contribution >= 0.6 is 0 Å². The van der Waals surface area contributed by atoms with Gasteiger partial charge in [-0.15, -0.1) is 0 Å². The van der Waals surface area contributed by atoms with Gasteiger partial charge >= 0.3 is 0 Å². The molecule has 1 heteroatoms. The Balaban J connectivity index is 1.85. The Morgan fingerprint density at radius 3 is 2.47 bits per heavy atom. The van der Waals surface area contributed by atoms with Crippen LogP contribution < -0.4 is 0 Å². The fraction of sp³-hybridized carbons (Fsp3) is 0.562. The summed E-state index contributed by atoms with van der Waals surface area (Å²) < 4.78 is 0. The summed E-state index contributed by atoms with van der Waals surface area (Å²) in [6, 6.07) is 10.4. The van der Waals surface area contributed by atoms with Crippen molar-refractivity contribution in [2.75, 3.05) is 0 Å². The third-order valence-corrected chi connectivity index (χ3v) is 3.55. The number of benzene rings is 1. The van der Waals surface area contributed by atoms with E-state index in [1.165, 1.54) is 5.56 Å². The van der Waals surface area contributed by atoms with Gasteiger partial charge in [0, 0.05) is 12.3 Å². The summed E-state index contributed by atoms with van der Waals surface area (Å²) in [5, 5.41) is 0. The molecule has 0 amide bonds. The molecule has 0 aromatic heterocycles. The Morgan fingerprint density at radius 2 is 1.88 bits per heavy atom. The molecule has 2 rings (SSSR count). The first-order valence-corrected chi connectivity index (χ1v) is 6.55. The second-order valence-electron chi connectivity index (χ2n) is 6.39. The molecule has 0 bridgehead atoms. The summed E-state index contributed by atoms with van der Waals surface area (Å²) in [6.45, 7) is 6.59. The topological polar surface area (TPSA) is 17.1 Å². The number of hydrogen-bond acceptors (Lipinski definition) is 1. The Hall–Kier alpha value is -1.11. The van der Waals surface area contributed by atoms with Gasteiger partial charge in [-0.1, -0.05) is 51.1 Å². The number of carbonyl (C=O) groups excluding carboxylic acids is 1. The maximum atomic E-state index is 12.0. The second kappa shape index (κ2) is 4.64. The van der Waals surface area contributed by atoms with E-state index in [-0.39, 0.29) is 5.41 Å². The summed E-state index contributed by atoms with van der Waals surface area (Å²) in [4.78, 5) is 12.0. The van der Waals surface area contributed by atoms with Crippen LogP contribution in [0.3, 0.4) is 0 Å². The van der Waals surface area contributed by atoms with Crippen molar-refractivity contribution in [2.24, 2.45) is 11.3 Å². The molecule has 17 heavy (non-hydrogen) atoms. The molecule has 0 saturated heterocycles. The average molecular weight is 230 g/mol. The zero-order valence-corrected chi connectivity index (χ0v) is 11.1. The molecule has 1 aromatic carbocycles. The number of rotatable bonds is 4. The van der Waals surface area contributed by atoms with Crippen LogP contribution in [0.2, 0.25) is 0 Å². The Labute approximate surface area is 104 Å². The van der Waals surface area contributed by atoms with Crippen LogP contribution in [0.15, 0.2) is 30.3 Å². The van der Waals surface area contributed by atoms with Crippen LogP contribution in [0, 0.1) is 11.3 Å². The van der Waals surface area contributed by atoms with Crippen LogP contribution in [0.5, 0.6) is 0 Å². The largest absolute Gasteiger partial charge is 0.299 e. The fourth-order valence-corrected chi connectivity index (χ4v) is 2.30. The number of Topliss-reactive ketones (excluding diaryl/α,β-unsaturated/α-hetero) is 1. The number of hydrogen-bond donors (Lipinski definition) is 0. The third kappa shape index (κ3) is 3.42. The fourth-order valence-electron chi connectivity index (χ4n) is 2.30. The van der Waals surface area contributed by atoms with E-state index in [0.717, 1.165) is 19.3 Å². The lowest BCUT2D eigenvalue weighted by atomic mass is 9.88. The van der Waals surface area contributed by atoms with Gasteiger partial charge in [-0.25, -0.2) is 0 Å². The van der Waals surface area contributed by atoms with E-state index in [1.54, 1.807) is 0 Å². The van der Waals surface area contributed by atoms with E-state index in [2.05, 4.69) is 45.0 Å². The lowest BCUT2D eigenvalue weighted by Crippen LogP contribution is -2.10. The molecule has 1 fully saturated rings. The molecule has 2 atom stereocenters. The van der Waals surface area contributed by atoms with E-state index in [1.807, 2.05) is 6.07 Å². The van der Waals surface area contributed by atoms with Crippen molar-refractivity contribution in [1.29, 1.82) is 0 Å². The SMILES string of the molecule is CC(C)(C)CCC(=O)C1CC1c1ccccc1. The predicted octanol–water partition coefficient (Wildman–Crippen LogP) is 4.19. The van der Waals surface area contributed by atoms with Gasteiger partial charge < -0.3 is 0 Å². The lowest BCUT2D eigenvalue weighted by Gasteiger charge is -2.16. The summed E-state index contributed by atoms with van der Waals surface area (Å²) in [5.41, 5.74) is 1.61. The molecular weight excluding hydrogens is 208 g/mol. The van der Waals surface area contributed by atoms with Crippen molar-refractivity contribution in [3.05, 3.63) is 35.9 Å². The Morgan fingerprint density at radius 1 is 1.24 bits per heavy atom. The molecule has 1 aromatic rings.